The quantitative estimate of drug-likeness (QED) is 0.0794. The van der Waals surface area contributed by atoms with Gasteiger partial charge in [-0.15, -0.1) is 11.8 Å². The highest BCUT2D eigenvalue weighted by atomic mass is 35.5. The van der Waals surface area contributed by atoms with Gasteiger partial charge in [-0.2, -0.15) is 0 Å². The van der Waals surface area contributed by atoms with Gasteiger partial charge in [-0.05, 0) is 83.9 Å². The van der Waals surface area contributed by atoms with E-state index in [1.54, 1.807) is 66.7 Å². The molecule has 246 valence electrons. The van der Waals surface area contributed by atoms with Crippen LogP contribution in [0.1, 0.15) is 37.1 Å². The fourth-order valence-corrected chi connectivity index (χ4v) is 6.17. The van der Waals surface area contributed by atoms with Crippen LogP contribution in [0.2, 0.25) is 15.1 Å². The van der Waals surface area contributed by atoms with E-state index in [0.717, 1.165) is 0 Å². The van der Waals surface area contributed by atoms with Crippen molar-refractivity contribution in [3.8, 4) is 0 Å². The van der Waals surface area contributed by atoms with Crippen molar-refractivity contribution >= 4 is 87.7 Å². The van der Waals surface area contributed by atoms with Gasteiger partial charge in [0, 0.05) is 26.2 Å². The standard InChI is InChI=1S/C37H26Cl3N3O5S/c38-26-13-11-24(30(40)21-26)19-32(43-34(44)23-9-5-2-6-10-23)35(45)41-27-14-16-28(17-15-27)49-33(22-7-3-1-4-8-22)36(46)42-31-20-25(37(47)48)12-18-29(31)39/h1-21,33H,(H,41,45)(H,42,46)(H,43,44)(H,47,48)/b32-19-. The maximum absolute atomic E-state index is 13.6. The Bertz CT molecular complexity index is 2040. The molecule has 8 nitrogen and oxygen atoms in total. The molecule has 0 saturated carbocycles. The second kappa shape index (κ2) is 16.4. The molecule has 49 heavy (non-hydrogen) atoms. The molecule has 0 bridgehead atoms. The summed E-state index contributed by atoms with van der Waals surface area (Å²) in [6, 6.07) is 33.2. The topological polar surface area (TPSA) is 125 Å². The Kier molecular flexibility index (Phi) is 11.8. The van der Waals surface area contributed by atoms with Crippen molar-refractivity contribution in [2.45, 2.75) is 10.1 Å². The molecule has 5 rings (SSSR count). The summed E-state index contributed by atoms with van der Waals surface area (Å²) < 4.78 is 0. The number of carboxylic acids is 1. The highest BCUT2D eigenvalue weighted by Gasteiger charge is 2.24. The summed E-state index contributed by atoms with van der Waals surface area (Å²) in [5, 5.41) is 17.8. The van der Waals surface area contributed by atoms with E-state index in [1.165, 1.54) is 42.1 Å². The van der Waals surface area contributed by atoms with E-state index < -0.39 is 28.9 Å². The van der Waals surface area contributed by atoms with Crippen molar-refractivity contribution < 1.29 is 24.3 Å². The molecule has 0 aliphatic heterocycles. The average Bonchev–Trinajstić information content (AvgIpc) is 3.10. The van der Waals surface area contributed by atoms with Crippen LogP contribution in [0.4, 0.5) is 11.4 Å². The first-order valence-electron chi connectivity index (χ1n) is 14.6. The number of amides is 3. The number of carbonyl (C=O) groups is 4. The monoisotopic (exact) mass is 729 g/mol. The number of anilines is 2. The number of halogens is 3. The molecule has 5 aromatic rings. The lowest BCUT2D eigenvalue weighted by Gasteiger charge is -2.18. The molecule has 0 radical (unpaired) electrons. The molecule has 0 saturated heterocycles. The summed E-state index contributed by atoms with van der Waals surface area (Å²) in [7, 11) is 0. The normalized spacial score (nSPS) is 11.7. The summed E-state index contributed by atoms with van der Waals surface area (Å²) in [6.45, 7) is 0. The second-order valence-corrected chi connectivity index (χ2v) is 12.8. The lowest BCUT2D eigenvalue weighted by Crippen LogP contribution is -2.30. The van der Waals surface area contributed by atoms with Gasteiger partial charge in [0.2, 0.25) is 5.91 Å². The van der Waals surface area contributed by atoms with Crippen molar-refractivity contribution in [2.24, 2.45) is 0 Å². The zero-order valence-corrected chi connectivity index (χ0v) is 28.4. The molecular weight excluding hydrogens is 705 g/mol. The Morgan fingerprint density at radius 1 is 0.694 bits per heavy atom. The first-order valence-corrected chi connectivity index (χ1v) is 16.6. The van der Waals surface area contributed by atoms with Crippen molar-refractivity contribution in [2.75, 3.05) is 10.6 Å². The van der Waals surface area contributed by atoms with Crippen molar-refractivity contribution in [3.05, 3.63) is 164 Å². The zero-order valence-electron chi connectivity index (χ0n) is 25.3. The summed E-state index contributed by atoms with van der Waals surface area (Å²) in [5.74, 6) is -2.65. The zero-order chi connectivity index (χ0) is 34.9. The molecule has 0 spiro atoms. The van der Waals surface area contributed by atoms with Gasteiger partial charge < -0.3 is 21.1 Å². The molecule has 1 unspecified atom stereocenters. The minimum atomic E-state index is -1.15. The number of carbonyl (C=O) groups excluding carboxylic acids is 3. The van der Waals surface area contributed by atoms with E-state index in [2.05, 4.69) is 16.0 Å². The summed E-state index contributed by atoms with van der Waals surface area (Å²) in [4.78, 5) is 52.2. The molecule has 0 heterocycles. The van der Waals surface area contributed by atoms with Crippen LogP contribution in [0.25, 0.3) is 6.08 Å². The van der Waals surface area contributed by atoms with Gasteiger partial charge in [0.15, 0.2) is 0 Å². The Morgan fingerprint density at radius 2 is 1.37 bits per heavy atom. The smallest absolute Gasteiger partial charge is 0.335 e. The van der Waals surface area contributed by atoms with Crippen LogP contribution in [0.3, 0.4) is 0 Å². The molecule has 12 heteroatoms. The van der Waals surface area contributed by atoms with E-state index in [4.69, 9.17) is 34.8 Å². The van der Waals surface area contributed by atoms with Gasteiger partial charge in [-0.3, -0.25) is 14.4 Å². The molecule has 0 aliphatic carbocycles. The Labute approximate surface area is 301 Å². The minimum absolute atomic E-state index is 0.0184. The maximum atomic E-state index is 13.6. The highest BCUT2D eigenvalue weighted by Crippen LogP contribution is 2.37. The van der Waals surface area contributed by atoms with Gasteiger partial charge >= 0.3 is 5.97 Å². The third-order valence-corrected chi connectivity index (χ3v) is 9.13. The third kappa shape index (κ3) is 9.52. The number of carboxylic acid groups (broad SMARTS) is 1. The Balaban J connectivity index is 1.35. The first-order chi connectivity index (χ1) is 23.6. The average molecular weight is 731 g/mol. The van der Waals surface area contributed by atoms with Gasteiger partial charge in [0.1, 0.15) is 10.9 Å². The summed E-state index contributed by atoms with van der Waals surface area (Å²) in [5.41, 5.74) is 2.07. The second-order valence-electron chi connectivity index (χ2n) is 10.4. The fourth-order valence-electron chi connectivity index (χ4n) is 4.52. The number of benzene rings is 5. The lowest BCUT2D eigenvalue weighted by molar-refractivity contribution is -0.116. The number of rotatable bonds is 11. The predicted molar refractivity (Wildman–Crippen MR) is 195 cm³/mol. The van der Waals surface area contributed by atoms with Gasteiger partial charge in [-0.1, -0.05) is 89.4 Å². The molecule has 1 atom stereocenters. The van der Waals surface area contributed by atoms with Gasteiger partial charge in [0.05, 0.1) is 16.3 Å². The Hall–Kier alpha value is -5.06. The summed E-state index contributed by atoms with van der Waals surface area (Å²) in [6.07, 6.45) is 1.46. The van der Waals surface area contributed by atoms with E-state index in [-0.39, 0.29) is 22.0 Å². The van der Waals surface area contributed by atoms with E-state index in [9.17, 15) is 24.3 Å². The van der Waals surface area contributed by atoms with E-state index in [1.807, 2.05) is 30.3 Å². The van der Waals surface area contributed by atoms with E-state index in [0.29, 0.717) is 37.3 Å². The summed E-state index contributed by atoms with van der Waals surface area (Å²) >= 11 is 19.9. The van der Waals surface area contributed by atoms with Crippen LogP contribution in [0.5, 0.6) is 0 Å². The fraction of sp³-hybridized carbons (Fsp3) is 0.0270. The molecule has 3 amide bonds. The highest BCUT2D eigenvalue weighted by molar-refractivity contribution is 8.00. The SMILES string of the molecule is O=C(Nc1ccc(SC(C(=O)Nc2cc(C(=O)O)ccc2Cl)c2ccccc2)cc1)/C(=C/c1ccc(Cl)cc1Cl)NC(=O)c1ccccc1. The van der Waals surface area contributed by atoms with Gasteiger partial charge in [0.25, 0.3) is 11.8 Å². The third-order valence-electron chi connectivity index (χ3n) is 6.97. The Morgan fingerprint density at radius 3 is 2.02 bits per heavy atom. The molecule has 5 aromatic carbocycles. The van der Waals surface area contributed by atoms with E-state index >= 15 is 0 Å². The maximum Gasteiger partial charge on any atom is 0.335 e. The number of nitrogens with one attached hydrogen (secondary N) is 3. The molecule has 0 fully saturated rings. The van der Waals surface area contributed by atoms with Crippen LogP contribution in [0.15, 0.2) is 132 Å². The van der Waals surface area contributed by atoms with Crippen LogP contribution < -0.4 is 16.0 Å². The number of aromatic carboxylic acids is 1. The minimum Gasteiger partial charge on any atom is -0.478 e. The largest absolute Gasteiger partial charge is 0.478 e. The van der Waals surface area contributed by atoms with Crippen molar-refractivity contribution in [1.82, 2.24) is 5.32 Å². The molecule has 0 aromatic heterocycles. The molecule has 4 N–H and O–H groups in total. The number of hydrogen-bond donors (Lipinski definition) is 4. The number of thioether (sulfide) groups is 1. The number of hydrogen-bond acceptors (Lipinski definition) is 5. The van der Waals surface area contributed by atoms with Crippen molar-refractivity contribution in [1.29, 1.82) is 0 Å². The molecular formula is C37H26Cl3N3O5S. The van der Waals surface area contributed by atoms with Crippen LogP contribution in [0, 0.1) is 0 Å². The molecule has 0 aliphatic rings. The van der Waals surface area contributed by atoms with Crippen LogP contribution in [-0.2, 0) is 9.59 Å². The predicted octanol–water partition coefficient (Wildman–Crippen LogP) is 9.23. The van der Waals surface area contributed by atoms with Crippen molar-refractivity contribution in [3.63, 3.8) is 0 Å². The van der Waals surface area contributed by atoms with Gasteiger partial charge in [-0.25, -0.2) is 4.79 Å². The van der Waals surface area contributed by atoms with Crippen LogP contribution in [-0.4, -0.2) is 28.8 Å². The lowest BCUT2D eigenvalue weighted by atomic mass is 10.1. The van der Waals surface area contributed by atoms with Crippen LogP contribution >= 0.6 is 46.6 Å². The first kappa shape index (κ1) is 35.3.